The number of amidine groups is 1. The van der Waals surface area contributed by atoms with Crippen LogP contribution in [0.3, 0.4) is 0 Å². The highest BCUT2D eigenvalue weighted by Crippen LogP contribution is 2.29. The minimum Gasteiger partial charge on any atom is -0.505 e. The molecular formula is C21H22N6O5S. The van der Waals surface area contributed by atoms with Gasteiger partial charge in [0.25, 0.3) is 28.9 Å². The van der Waals surface area contributed by atoms with Crippen LogP contribution in [0.4, 0.5) is 5.69 Å². The smallest absolute Gasteiger partial charge is 0.272 e. The van der Waals surface area contributed by atoms with Crippen LogP contribution in [0.15, 0.2) is 51.4 Å². The number of anilines is 1. The maximum atomic E-state index is 13.1. The Morgan fingerprint density at radius 1 is 1.06 bits per heavy atom. The molecule has 0 spiro atoms. The van der Waals surface area contributed by atoms with Crippen molar-refractivity contribution in [3.63, 3.8) is 0 Å². The lowest BCUT2D eigenvalue weighted by molar-refractivity contribution is 0.0530. The molecule has 1 aromatic carbocycles. The van der Waals surface area contributed by atoms with Crippen molar-refractivity contribution in [3.8, 4) is 5.75 Å². The van der Waals surface area contributed by atoms with Gasteiger partial charge in [-0.25, -0.2) is 4.21 Å². The van der Waals surface area contributed by atoms with Gasteiger partial charge in [-0.1, -0.05) is 12.1 Å². The number of carbonyl (C=O) groups is 2. The molecule has 1 fully saturated rings. The summed E-state index contributed by atoms with van der Waals surface area (Å²) in [5.74, 6) is -0.641. The molecule has 2 aliphatic rings. The Morgan fingerprint density at radius 2 is 1.79 bits per heavy atom. The monoisotopic (exact) mass is 470 g/mol. The number of hydrogen-bond donors (Lipinski definition) is 2. The molecule has 2 aliphatic heterocycles. The van der Waals surface area contributed by atoms with Crippen molar-refractivity contribution < 1.29 is 23.6 Å². The summed E-state index contributed by atoms with van der Waals surface area (Å²) in [5.41, 5.74) is 0.661. The van der Waals surface area contributed by atoms with Crippen LogP contribution in [0.2, 0.25) is 0 Å². The summed E-state index contributed by atoms with van der Waals surface area (Å²) in [6.07, 6.45) is 1.56. The summed E-state index contributed by atoms with van der Waals surface area (Å²) >= 11 is -1.81. The molecule has 0 radical (unpaired) electrons. The molecule has 1 unspecified atom stereocenters. The van der Waals surface area contributed by atoms with E-state index in [2.05, 4.69) is 19.1 Å². The fraction of sp³-hybridized carbons (Fsp3) is 0.286. The van der Waals surface area contributed by atoms with Gasteiger partial charge in [-0.3, -0.25) is 14.6 Å². The second kappa shape index (κ2) is 9.77. The largest absolute Gasteiger partial charge is 0.505 e. The number of amides is 2. The second-order valence-corrected chi connectivity index (χ2v) is 7.95. The molecule has 2 amide bonds. The molecule has 2 N–H and O–H groups in total. The van der Waals surface area contributed by atoms with Crippen molar-refractivity contribution in [1.82, 2.24) is 14.8 Å². The predicted molar refractivity (Wildman–Crippen MR) is 122 cm³/mol. The highest BCUT2D eigenvalue weighted by Gasteiger charge is 2.28. The minimum atomic E-state index is -1.81. The molecule has 2 aromatic rings. The molecule has 3 heterocycles. The van der Waals surface area contributed by atoms with Crippen LogP contribution < -0.4 is 5.32 Å². The molecule has 33 heavy (non-hydrogen) atoms. The summed E-state index contributed by atoms with van der Waals surface area (Å²) < 4.78 is 24.5. The van der Waals surface area contributed by atoms with Gasteiger partial charge < -0.3 is 25.0 Å². The molecular weight excluding hydrogens is 448 g/mol. The van der Waals surface area contributed by atoms with E-state index in [1.165, 1.54) is 6.07 Å². The number of piperazine rings is 1. The number of pyridine rings is 1. The third-order valence-electron chi connectivity index (χ3n) is 5.07. The van der Waals surface area contributed by atoms with Crippen molar-refractivity contribution in [2.75, 3.05) is 38.1 Å². The lowest BCUT2D eigenvalue weighted by Gasteiger charge is -2.34. The summed E-state index contributed by atoms with van der Waals surface area (Å²) in [4.78, 5) is 32.9. The quantitative estimate of drug-likeness (QED) is 0.641. The standard InChI is InChI=1S/C21H22N6O5S/c1-2-32-19-18(24-33(31)25-19)23-15-8-5-6-14(17(15)28)20(29)26-10-12-27(13-11-26)21(30)16-7-3-4-9-22-16/h3-9,28H,2,10-13H2,1H3,(H,23,24). The third kappa shape index (κ3) is 4.85. The first kappa shape index (κ1) is 22.4. The van der Waals surface area contributed by atoms with Gasteiger partial charge in [0.05, 0.1) is 17.9 Å². The van der Waals surface area contributed by atoms with E-state index in [1.807, 2.05) is 0 Å². The van der Waals surface area contributed by atoms with Gasteiger partial charge in [-0.15, -0.1) is 8.80 Å². The average Bonchev–Trinajstić information content (AvgIpc) is 3.19. The van der Waals surface area contributed by atoms with Crippen LogP contribution in [0.5, 0.6) is 5.75 Å². The van der Waals surface area contributed by atoms with E-state index in [-0.39, 0.29) is 40.5 Å². The summed E-state index contributed by atoms with van der Waals surface area (Å²) in [5, 5.41) is 13.6. The Labute approximate surface area is 192 Å². The highest BCUT2D eigenvalue weighted by molar-refractivity contribution is 7.83. The zero-order valence-corrected chi connectivity index (χ0v) is 18.6. The number of hydrogen-bond acceptors (Lipinski definition) is 7. The number of aromatic hydroxyl groups is 1. The zero-order chi connectivity index (χ0) is 23.4. The fourth-order valence-corrected chi connectivity index (χ4v) is 4.04. The zero-order valence-electron chi connectivity index (χ0n) is 17.8. The van der Waals surface area contributed by atoms with E-state index in [4.69, 9.17) is 4.74 Å². The van der Waals surface area contributed by atoms with Crippen LogP contribution >= 0.6 is 0 Å². The first-order valence-corrected chi connectivity index (χ1v) is 11.4. The number of aromatic nitrogens is 1. The van der Waals surface area contributed by atoms with Crippen molar-refractivity contribution in [2.24, 2.45) is 8.80 Å². The van der Waals surface area contributed by atoms with Crippen molar-refractivity contribution in [2.45, 2.75) is 6.92 Å². The van der Waals surface area contributed by atoms with Crippen LogP contribution in [0.1, 0.15) is 27.8 Å². The number of rotatable bonds is 4. The third-order valence-corrected chi connectivity index (χ3v) is 5.73. The molecule has 1 atom stereocenters. The molecule has 172 valence electrons. The number of carbonyl (C=O) groups excluding carboxylic acids is 2. The molecule has 0 bridgehead atoms. The molecule has 0 saturated carbocycles. The van der Waals surface area contributed by atoms with Gasteiger partial charge >= 0.3 is 0 Å². The first-order chi connectivity index (χ1) is 16.0. The van der Waals surface area contributed by atoms with E-state index in [0.29, 0.717) is 38.5 Å². The topological polar surface area (TPSA) is 137 Å². The Morgan fingerprint density at radius 3 is 2.45 bits per heavy atom. The summed E-state index contributed by atoms with van der Waals surface area (Å²) in [6, 6.07) is 9.83. The number of phenols is 1. The van der Waals surface area contributed by atoms with Crippen molar-refractivity contribution in [3.05, 3.63) is 53.9 Å². The SMILES string of the molecule is CCOC1=NS(=O)N=C1Nc1cccc(C(=O)N2CCN(C(=O)c3ccccn3)CC2)c1O. The summed E-state index contributed by atoms with van der Waals surface area (Å²) in [7, 11) is 0. The average molecular weight is 471 g/mol. The van der Waals surface area contributed by atoms with Gasteiger partial charge in [-0.05, 0) is 31.2 Å². The number of benzene rings is 1. The fourth-order valence-electron chi connectivity index (χ4n) is 3.44. The van der Waals surface area contributed by atoms with Gasteiger partial charge in [-0.2, -0.15) is 0 Å². The number of nitrogens with one attached hydrogen (secondary N) is 1. The Balaban J connectivity index is 1.43. The number of para-hydroxylation sites is 1. The molecule has 1 aromatic heterocycles. The van der Waals surface area contributed by atoms with Gasteiger partial charge in [0, 0.05) is 32.4 Å². The number of phenolic OH excluding ortho intramolecular Hbond substituents is 1. The minimum absolute atomic E-state index is 0.0701. The number of nitrogens with zero attached hydrogens (tertiary/aromatic N) is 5. The van der Waals surface area contributed by atoms with E-state index in [9.17, 15) is 18.9 Å². The Bertz CT molecular complexity index is 1150. The van der Waals surface area contributed by atoms with Crippen LogP contribution in [0, 0.1) is 0 Å². The van der Waals surface area contributed by atoms with Gasteiger partial charge in [0.1, 0.15) is 5.69 Å². The molecule has 0 aliphatic carbocycles. The van der Waals surface area contributed by atoms with E-state index < -0.39 is 11.2 Å². The molecule has 12 heteroatoms. The van der Waals surface area contributed by atoms with E-state index >= 15 is 0 Å². The lowest BCUT2D eigenvalue weighted by Crippen LogP contribution is -2.50. The summed E-state index contributed by atoms with van der Waals surface area (Å²) in [6.45, 7) is 3.41. The lowest BCUT2D eigenvalue weighted by atomic mass is 10.1. The normalized spacial score (nSPS) is 17.9. The van der Waals surface area contributed by atoms with Crippen LogP contribution in [-0.2, 0) is 15.9 Å². The van der Waals surface area contributed by atoms with Crippen molar-refractivity contribution >= 4 is 40.4 Å². The Kier molecular flexibility index (Phi) is 6.63. The van der Waals surface area contributed by atoms with Crippen LogP contribution in [-0.4, -0.2) is 80.4 Å². The molecule has 4 rings (SSSR count). The highest BCUT2D eigenvalue weighted by atomic mass is 32.2. The van der Waals surface area contributed by atoms with Crippen LogP contribution in [0.25, 0.3) is 0 Å². The molecule has 1 saturated heterocycles. The Hall–Kier alpha value is -3.80. The predicted octanol–water partition coefficient (Wildman–Crippen LogP) is 1.22. The first-order valence-electron chi connectivity index (χ1n) is 10.3. The van der Waals surface area contributed by atoms with E-state index in [0.717, 1.165) is 0 Å². The maximum absolute atomic E-state index is 13.1. The van der Waals surface area contributed by atoms with Crippen molar-refractivity contribution in [1.29, 1.82) is 0 Å². The van der Waals surface area contributed by atoms with E-state index in [1.54, 1.807) is 53.3 Å². The molecule has 11 nitrogen and oxygen atoms in total. The van der Waals surface area contributed by atoms with Gasteiger partial charge in [0.2, 0.25) is 5.84 Å². The second-order valence-electron chi connectivity index (χ2n) is 7.13. The number of ether oxygens (including phenoxy) is 1. The maximum Gasteiger partial charge on any atom is 0.272 e. The van der Waals surface area contributed by atoms with Gasteiger partial charge in [0.15, 0.2) is 5.75 Å².